The van der Waals surface area contributed by atoms with Crippen molar-refractivity contribution in [2.24, 2.45) is 5.41 Å². The molecule has 0 spiro atoms. The summed E-state index contributed by atoms with van der Waals surface area (Å²) in [7, 11) is 0. The van der Waals surface area contributed by atoms with Gasteiger partial charge in [-0.1, -0.05) is 44.2 Å². The maximum absolute atomic E-state index is 12.4. The van der Waals surface area contributed by atoms with Gasteiger partial charge in [0, 0.05) is 23.4 Å². The monoisotopic (exact) mass is 297 g/mol. The molecule has 1 N–H and O–H groups in total. The Hall–Kier alpha value is -2.36. The standard InChI is InChI=1S/C18H19NO3/c1-18(2)9-15-13(16(20)10-18)8-14(19(15)11-17(21)22)12-6-4-3-5-7-12/h3-8H,9-11H2,1-2H3,(H,21,22). The van der Waals surface area contributed by atoms with E-state index in [-0.39, 0.29) is 17.7 Å². The minimum Gasteiger partial charge on any atom is -0.480 e. The van der Waals surface area contributed by atoms with Crippen molar-refractivity contribution in [2.75, 3.05) is 0 Å². The quantitative estimate of drug-likeness (QED) is 0.944. The third kappa shape index (κ3) is 2.56. The fourth-order valence-corrected chi connectivity index (χ4v) is 3.23. The Kier molecular flexibility index (Phi) is 3.39. The molecule has 2 aromatic rings. The first-order valence-electron chi connectivity index (χ1n) is 7.40. The van der Waals surface area contributed by atoms with Crippen molar-refractivity contribution in [3.8, 4) is 11.3 Å². The summed E-state index contributed by atoms with van der Waals surface area (Å²) in [5.74, 6) is -0.793. The van der Waals surface area contributed by atoms with Gasteiger partial charge in [0.2, 0.25) is 0 Å². The number of carboxylic acids is 1. The third-order valence-electron chi connectivity index (χ3n) is 4.16. The Bertz CT molecular complexity index is 741. The highest BCUT2D eigenvalue weighted by atomic mass is 16.4. The molecule has 0 saturated carbocycles. The molecule has 4 heteroatoms. The molecule has 4 nitrogen and oxygen atoms in total. The second kappa shape index (κ2) is 5.13. The van der Waals surface area contributed by atoms with Gasteiger partial charge >= 0.3 is 5.97 Å². The molecular weight excluding hydrogens is 278 g/mol. The van der Waals surface area contributed by atoms with E-state index in [1.807, 2.05) is 50.2 Å². The maximum Gasteiger partial charge on any atom is 0.323 e. The summed E-state index contributed by atoms with van der Waals surface area (Å²) in [5, 5.41) is 9.25. The molecular formula is C18H19NO3. The Labute approximate surface area is 129 Å². The highest BCUT2D eigenvalue weighted by Gasteiger charge is 2.34. The van der Waals surface area contributed by atoms with Crippen molar-refractivity contribution < 1.29 is 14.7 Å². The van der Waals surface area contributed by atoms with Gasteiger partial charge in [-0.15, -0.1) is 0 Å². The lowest BCUT2D eigenvalue weighted by Gasteiger charge is -2.29. The molecule has 114 valence electrons. The molecule has 0 unspecified atom stereocenters. The minimum atomic E-state index is -0.897. The number of carboxylic acid groups (broad SMARTS) is 1. The van der Waals surface area contributed by atoms with Crippen molar-refractivity contribution in [1.29, 1.82) is 0 Å². The fraction of sp³-hybridized carbons (Fsp3) is 0.333. The molecule has 1 heterocycles. The average Bonchev–Trinajstić information content (AvgIpc) is 2.77. The van der Waals surface area contributed by atoms with Gasteiger partial charge in [-0.3, -0.25) is 9.59 Å². The second-order valence-corrected chi connectivity index (χ2v) is 6.68. The molecule has 0 aliphatic heterocycles. The van der Waals surface area contributed by atoms with Crippen LogP contribution in [-0.2, 0) is 17.8 Å². The Morgan fingerprint density at radius 3 is 2.55 bits per heavy atom. The van der Waals surface area contributed by atoms with Crippen LogP contribution >= 0.6 is 0 Å². The van der Waals surface area contributed by atoms with Gasteiger partial charge in [0.05, 0.1) is 0 Å². The number of carbonyl (C=O) groups is 2. The van der Waals surface area contributed by atoms with Crippen LogP contribution in [0.5, 0.6) is 0 Å². The van der Waals surface area contributed by atoms with Crippen LogP contribution < -0.4 is 0 Å². The first-order valence-corrected chi connectivity index (χ1v) is 7.40. The largest absolute Gasteiger partial charge is 0.480 e. The van der Waals surface area contributed by atoms with Crippen LogP contribution in [0.3, 0.4) is 0 Å². The molecule has 0 radical (unpaired) electrons. The smallest absolute Gasteiger partial charge is 0.323 e. The normalized spacial score (nSPS) is 16.4. The number of Topliss-reactive ketones (excluding diaryl/α,β-unsaturated/α-hetero) is 1. The first-order chi connectivity index (χ1) is 10.4. The van der Waals surface area contributed by atoms with Gasteiger partial charge in [-0.2, -0.15) is 0 Å². The topological polar surface area (TPSA) is 59.3 Å². The fourth-order valence-electron chi connectivity index (χ4n) is 3.23. The van der Waals surface area contributed by atoms with Crippen LogP contribution in [-0.4, -0.2) is 21.4 Å². The van der Waals surface area contributed by atoms with Gasteiger partial charge < -0.3 is 9.67 Å². The van der Waals surface area contributed by atoms with Crippen LogP contribution in [0.15, 0.2) is 36.4 Å². The van der Waals surface area contributed by atoms with Crippen LogP contribution in [0.1, 0.15) is 36.3 Å². The molecule has 1 aromatic heterocycles. The van der Waals surface area contributed by atoms with Gasteiger partial charge in [-0.25, -0.2) is 0 Å². The van der Waals surface area contributed by atoms with Crippen molar-refractivity contribution in [2.45, 2.75) is 33.2 Å². The zero-order valence-electron chi connectivity index (χ0n) is 12.8. The van der Waals surface area contributed by atoms with Crippen molar-refractivity contribution >= 4 is 11.8 Å². The molecule has 1 aromatic carbocycles. The summed E-state index contributed by atoms with van der Waals surface area (Å²) in [6.45, 7) is 3.98. The lowest BCUT2D eigenvalue weighted by molar-refractivity contribution is -0.137. The highest BCUT2D eigenvalue weighted by Crippen LogP contribution is 2.38. The van der Waals surface area contributed by atoms with Crippen LogP contribution in [0.2, 0.25) is 0 Å². The number of nitrogens with zero attached hydrogens (tertiary/aromatic N) is 1. The van der Waals surface area contributed by atoms with Gasteiger partial charge in [0.25, 0.3) is 0 Å². The van der Waals surface area contributed by atoms with Crippen LogP contribution in [0.25, 0.3) is 11.3 Å². The van der Waals surface area contributed by atoms with E-state index in [1.165, 1.54) is 0 Å². The van der Waals surface area contributed by atoms with Gasteiger partial charge in [0.15, 0.2) is 5.78 Å². The summed E-state index contributed by atoms with van der Waals surface area (Å²) in [6, 6.07) is 11.5. The van der Waals surface area contributed by atoms with Crippen LogP contribution in [0, 0.1) is 5.41 Å². The SMILES string of the molecule is CC1(C)CC(=O)c2cc(-c3ccccc3)n(CC(=O)O)c2C1. The predicted octanol–water partition coefficient (Wildman–Crippen LogP) is 3.39. The molecule has 3 rings (SSSR count). The number of ketones is 1. The van der Waals surface area contributed by atoms with E-state index in [4.69, 9.17) is 0 Å². The highest BCUT2D eigenvalue weighted by molar-refractivity contribution is 6.00. The molecule has 1 aliphatic carbocycles. The molecule has 0 amide bonds. The van der Waals surface area contributed by atoms with E-state index < -0.39 is 5.97 Å². The first kappa shape index (κ1) is 14.6. The van der Waals surface area contributed by atoms with E-state index >= 15 is 0 Å². The summed E-state index contributed by atoms with van der Waals surface area (Å²) < 4.78 is 1.78. The minimum absolute atomic E-state index is 0.104. The molecule has 0 atom stereocenters. The van der Waals surface area contributed by atoms with Gasteiger partial charge in [-0.05, 0) is 23.5 Å². The molecule has 0 saturated heterocycles. The average molecular weight is 297 g/mol. The zero-order valence-corrected chi connectivity index (χ0v) is 12.8. The lowest BCUT2D eigenvalue weighted by Crippen LogP contribution is -2.28. The number of benzene rings is 1. The van der Waals surface area contributed by atoms with E-state index in [0.717, 1.165) is 17.0 Å². The summed E-state index contributed by atoms with van der Waals surface area (Å²) in [4.78, 5) is 23.7. The number of aromatic nitrogens is 1. The number of hydrogen-bond donors (Lipinski definition) is 1. The predicted molar refractivity (Wildman–Crippen MR) is 83.9 cm³/mol. The number of fused-ring (bicyclic) bond motifs is 1. The Morgan fingerprint density at radius 2 is 1.91 bits per heavy atom. The summed E-state index contributed by atoms with van der Waals surface area (Å²) >= 11 is 0. The molecule has 22 heavy (non-hydrogen) atoms. The molecule has 0 bridgehead atoms. The van der Waals surface area contributed by atoms with Crippen molar-refractivity contribution in [1.82, 2.24) is 4.57 Å². The third-order valence-corrected chi connectivity index (χ3v) is 4.16. The number of aliphatic carboxylic acids is 1. The Morgan fingerprint density at radius 1 is 1.23 bits per heavy atom. The maximum atomic E-state index is 12.4. The number of hydrogen-bond acceptors (Lipinski definition) is 2. The molecule has 0 fully saturated rings. The van der Waals surface area contributed by atoms with E-state index in [2.05, 4.69) is 0 Å². The number of carbonyl (C=O) groups excluding carboxylic acids is 1. The lowest BCUT2D eigenvalue weighted by atomic mass is 9.76. The van der Waals surface area contributed by atoms with Crippen molar-refractivity contribution in [3.05, 3.63) is 47.7 Å². The molecule has 1 aliphatic rings. The second-order valence-electron chi connectivity index (χ2n) is 6.68. The van der Waals surface area contributed by atoms with E-state index in [1.54, 1.807) is 4.57 Å². The summed E-state index contributed by atoms with van der Waals surface area (Å²) in [6.07, 6.45) is 1.22. The van der Waals surface area contributed by atoms with E-state index in [0.29, 0.717) is 18.4 Å². The Balaban J connectivity index is 2.20. The number of rotatable bonds is 3. The van der Waals surface area contributed by atoms with E-state index in [9.17, 15) is 14.7 Å². The van der Waals surface area contributed by atoms with Crippen LogP contribution in [0.4, 0.5) is 0 Å². The van der Waals surface area contributed by atoms with Gasteiger partial charge in [0.1, 0.15) is 6.54 Å². The zero-order chi connectivity index (χ0) is 15.9. The summed E-state index contributed by atoms with van der Waals surface area (Å²) in [5.41, 5.74) is 3.14. The van der Waals surface area contributed by atoms with Crippen molar-refractivity contribution in [3.63, 3.8) is 0 Å².